The highest BCUT2D eigenvalue weighted by atomic mass is 79.9. The predicted molar refractivity (Wildman–Crippen MR) is 88.6 cm³/mol. The molecule has 1 amide bonds. The van der Waals surface area contributed by atoms with Crippen molar-refractivity contribution < 1.29 is 13.9 Å². The van der Waals surface area contributed by atoms with Crippen LogP contribution in [0.1, 0.15) is 33.6 Å². The van der Waals surface area contributed by atoms with Crippen LogP contribution in [0.3, 0.4) is 0 Å². The predicted octanol–water partition coefficient (Wildman–Crippen LogP) is 4.40. The summed E-state index contributed by atoms with van der Waals surface area (Å²) >= 11 is 3.33. The molecule has 1 aromatic rings. The largest absolute Gasteiger partial charge is 0.444 e. The van der Waals surface area contributed by atoms with E-state index in [1.165, 1.54) is 12.1 Å². The molecule has 1 aromatic carbocycles. The maximum absolute atomic E-state index is 13.1. The Morgan fingerprint density at radius 3 is 2.86 bits per heavy atom. The van der Waals surface area contributed by atoms with Crippen molar-refractivity contribution in [3.05, 3.63) is 28.5 Å². The molecule has 4 nitrogen and oxygen atoms in total. The Labute approximate surface area is 139 Å². The SMILES string of the molecule is CC(C)(C)OC(=O)N1CCCC1CNc1ccc(F)cc1Br. The number of hydrogen-bond acceptors (Lipinski definition) is 3. The van der Waals surface area contributed by atoms with Crippen LogP contribution in [0.4, 0.5) is 14.9 Å². The van der Waals surface area contributed by atoms with Crippen molar-refractivity contribution in [2.24, 2.45) is 0 Å². The number of nitrogens with one attached hydrogen (secondary N) is 1. The Balaban J connectivity index is 1.95. The molecule has 0 aromatic heterocycles. The molecule has 0 aliphatic carbocycles. The Kier molecular flexibility index (Phi) is 5.32. The molecule has 122 valence electrons. The van der Waals surface area contributed by atoms with E-state index >= 15 is 0 Å². The zero-order chi connectivity index (χ0) is 16.3. The van der Waals surface area contributed by atoms with Gasteiger partial charge < -0.3 is 15.0 Å². The van der Waals surface area contributed by atoms with Gasteiger partial charge in [-0.05, 0) is 67.7 Å². The van der Waals surface area contributed by atoms with Crippen molar-refractivity contribution in [1.82, 2.24) is 4.90 Å². The molecular weight excluding hydrogens is 351 g/mol. The Morgan fingerprint density at radius 2 is 2.23 bits per heavy atom. The molecular formula is C16H22BrFN2O2. The van der Waals surface area contributed by atoms with Crippen LogP contribution >= 0.6 is 15.9 Å². The summed E-state index contributed by atoms with van der Waals surface area (Å²) < 4.78 is 19.2. The van der Waals surface area contributed by atoms with E-state index < -0.39 is 5.60 Å². The first kappa shape index (κ1) is 17.1. The zero-order valence-corrected chi connectivity index (χ0v) is 14.7. The van der Waals surface area contributed by atoms with Gasteiger partial charge in [0, 0.05) is 23.2 Å². The number of carbonyl (C=O) groups is 1. The van der Waals surface area contributed by atoms with Crippen LogP contribution in [0.5, 0.6) is 0 Å². The molecule has 1 N–H and O–H groups in total. The average molecular weight is 373 g/mol. The summed E-state index contributed by atoms with van der Waals surface area (Å²) in [5.41, 5.74) is 0.329. The van der Waals surface area contributed by atoms with E-state index in [9.17, 15) is 9.18 Å². The first-order chi connectivity index (χ1) is 10.3. The number of carbonyl (C=O) groups excluding carboxylic acids is 1. The van der Waals surface area contributed by atoms with Crippen LogP contribution in [-0.4, -0.2) is 35.7 Å². The first-order valence-corrected chi connectivity index (χ1v) is 8.24. The molecule has 1 unspecified atom stereocenters. The van der Waals surface area contributed by atoms with Gasteiger partial charge in [0.25, 0.3) is 0 Å². The highest BCUT2D eigenvalue weighted by Gasteiger charge is 2.31. The molecule has 0 spiro atoms. The number of ether oxygens (including phenoxy) is 1. The standard InChI is InChI=1S/C16H22BrFN2O2/c1-16(2,3)22-15(21)20-8-4-5-12(20)10-19-14-7-6-11(18)9-13(14)17/h6-7,9,12,19H,4-5,8,10H2,1-3H3. The first-order valence-electron chi connectivity index (χ1n) is 7.45. The summed E-state index contributed by atoms with van der Waals surface area (Å²) in [5.74, 6) is -0.284. The topological polar surface area (TPSA) is 41.6 Å². The summed E-state index contributed by atoms with van der Waals surface area (Å²) in [4.78, 5) is 14.0. The minimum Gasteiger partial charge on any atom is -0.444 e. The molecule has 1 saturated heterocycles. The molecule has 1 aliphatic heterocycles. The van der Waals surface area contributed by atoms with Gasteiger partial charge in [0.2, 0.25) is 0 Å². The van der Waals surface area contributed by atoms with Gasteiger partial charge in [0.15, 0.2) is 0 Å². The van der Waals surface area contributed by atoms with Crippen molar-refractivity contribution in [2.45, 2.75) is 45.3 Å². The molecule has 6 heteroatoms. The van der Waals surface area contributed by atoms with Crippen LogP contribution in [-0.2, 0) is 4.74 Å². The molecule has 1 aliphatic rings. The molecule has 0 radical (unpaired) electrons. The van der Waals surface area contributed by atoms with E-state index in [-0.39, 0.29) is 18.0 Å². The van der Waals surface area contributed by atoms with Gasteiger partial charge in [-0.15, -0.1) is 0 Å². The Hall–Kier alpha value is -1.30. The number of hydrogen-bond donors (Lipinski definition) is 1. The fourth-order valence-electron chi connectivity index (χ4n) is 2.47. The number of anilines is 1. The van der Waals surface area contributed by atoms with E-state index in [0.717, 1.165) is 18.5 Å². The van der Waals surface area contributed by atoms with Crippen LogP contribution in [0, 0.1) is 5.82 Å². The van der Waals surface area contributed by atoms with E-state index in [1.807, 2.05) is 20.8 Å². The maximum Gasteiger partial charge on any atom is 0.410 e. The summed E-state index contributed by atoms with van der Waals surface area (Å²) in [7, 11) is 0. The lowest BCUT2D eigenvalue weighted by Gasteiger charge is -2.29. The third kappa shape index (κ3) is 4.60. The Bertz CT molecular complexity index is 545. The highest BCUT2D eigenvalue weighted by Crippen LogP contribution is 2.25. The summed E-state index contributed by atoms with van der Waals surface area (Å²) in [5, 5.41) is 3.27. The summed E-state index contributed by atoms with van der Waals surface area (Å²) in [6, 6.07) is 4.61. The number of rotatable bonds is 3. The van der Waals surface area contributed by atoms with Gasteiger partial charge in [-0.3, -0.25) is 0 Å². The van der Waals surface area contributed by atoms with Gasteiger partial charge >= 0.3 is 6.09 Å². The fraction of sp³-hybridized carbons (Fsp3) is 0.562. The number of benzene rings is 1. The summed E-state index contributed by atoms with van der Waals surface area (Å²) in [6.45, 7) is 6.92. The smallest absolute Gasteiger partial charge is 0.410 e. The van der Waals surface area contributed by atoms with Crippen LogP contribution < -0.4 is 5.32 Å². The number of nitrogens with zero attached hydrogens (tertiary/aromatic N) is 1. The molecule has 1 fully saturated rings. The quantitative estimate of drug-likeness (QED) is 0.854. The van der Waals surface area contributed by atoms with E-state index in [2.05, 4.69) is 21.2 Å². The molecule has 22 heavy (non-hydrogen) atoms. The van der Waals surface area contributed by atoms with Crippen molar-refractivity contribution in [3.8, 4) is 0 Å². The second kappa shape index (κ2) is 6.86. The summed E-state index contributed by atoms with van der Waals surface area (Å²) in [6.07, 6.45) is 1.64. The fourth-order valence-corrected chi connectivity index (χ4v) is 2.96. The monoisotopic (exact) mass is 372 g/mol. The van der Waals surface area contributed by atoms with Gasteiger partial charge in [-0.1, -0.05) is 0 Å². The number of halogens is 2. The maximum atomic E-state index is 13.1. The normalized spacial score (nSPS) is 18.4. The van der Waals surface area contributed by atoms with Gasteiger partial charge in [0.05, 0.1) is 6.04 Å². The van der Waals surface area contributed by atoms with E-state index in [0.29, 0.717) is 17.6 Å². The number of likely N-dealkylation sites (tertiary alicyclic amines) is 1. The van der Waals surface area contributed by atoms with Gasteiger partial charge in [-0.25, -0.2) is 9.18 Å². The molecule has 1 atom stereocenters. The zero-order valence-electron chi connectivity index (χ0n) is 13.2. The lowest BCUT2D eigenvalue weighted by Crippen LogP contribution is -2.42. The molecule has 2 rings (SSSR count). The van der Waals surface area contributed by atoms with E-state index in [4.69, 9.17) is 4.74 Å². The second-order valence-electron chi connectivity index (χ2n) is 6.47. The highest BCUT2D eigenvalue weighted by molar-refractivity contribution is 9.10. The Morgan fingerprint density at radius 1 is 1.50 bits per heavy atom. The second-order valence-corrected chi connectivity index (χ2v) is 7.33. The molecule has 1 heterocycles. The van der Waals surface area contributed by atoms with E-state index in [1.54, 1.807) is 11.0 Å². The third-order valence-electron chi connectivity index (χ3n) is 3.46. The van der Waals surface area contributed by atoms with Crippen LogP contribution in [0.25, 0.3) is 0 Å². The van der Waals surface area contributed by atoms with Crippen LogP contribution in [0.2, 0.25) is 0 Å². The number of amides is 1. The average Bonchev–Trinajstić information content (AvgIpc) is 2.84. The minimum atomic E-state index is -0.488. The molecule has 0 bridgehead atoms. The van der Waals surface area contributed by atoms with Crippen molar-refractivity contribution in [1.29, 1.82) is 0 Å². The van der Waals surface area contributed by atoms with Crippen molar-refractivity contribution in [2.75, 3.05) is 18.4 Å². The molecule has 0 saturated carbocycles. The van der Waals surface area contributed by atoms with Gasteiger partial charge in [0.1, 0.15) is 11.4 Å². The lowest BCUT2D eigenvalue weighted by molar-refractivity contribution is 0.0235. The third-order valence-corrected chi connectivity index (χ3v) is 4.12. The minimum absolute atomic E-state index is 0.0896. The van der Waals surface area contributed by atoms with Gasteiger partial charge in [-0.2, -0.15) is 0 Å². The van der Waals surface area contributed by atoms with Crippen LogP contribution in [0.15, 0.2) is 22.7 Å². The van der Waals surface area contributed by atoms with Crippen molar-refractivity contribution in [3.63, 3.8) is 0 Å². The van der Waals surface area contributed by atoms with Crippen molar-refractivity contribution >= 4 is 27.7 Å². The lowest BCUT2D eigenvalue weighted by atomic mass is 10.2.